The van der Waals surface area contributed by atoms with E-state index in [-0.39, 0.29) is 0 Å². The van der Waals surface area contributed by atoms with Crippen LogP contribution in [0.15, 0.2) is 24.3 Å². The maximum Gasteiger partial charge on any atom is 0.161 e. The highest BCUT2D eigenvalue weighted by molar-refractivity contribution is 5.39. The lowest BCUT2D eigenvalue weighted by molar-refractivity contribution is -0.00589. The van der Waals surface area contributed by atoms with E-state index in [0.29, 0.717) is 32.0 Å². The first kappa shape index (κ1) is 16.1. The molecular formula is C17H27NO3. The van der Waals surface area contributed by atoms with Gasteiger partial charge in [-0.3, -0.25) is 0 Å². The molecule has 1 aromatic rings. The summed E-state index contributed by atoms with van der Waals surface area (Å²) in [5.41, 5.74) is 0. The molecule has 21 heavy (non-hydrogen) atoms. The topological polar surface area (TPSA) is 39.7 Å². The third kappa shape index (κ3) is 4.90. The first-order valence-corrected chi connectivity index (χ1v) is 7.98. The summed E-state index contributed by atoms with van der Waals surface area (Å²) < 4.78 is 17.3. The number of nitrogens with one attached hydrogen (secondary N) is 1. The average molecular weight is 293 g/mol. The SMILES string of the molecule is CCOc1ccccc1OCCOC1CCCCC1NC. The van der Waals surface area contributed by atoms with Crippen molar-refractivity contribution in [1.29, 1.82) is 0 Å². The predicted octanol–water partition coefficient (Wildman–Crippen LogP) is 3.01. The summed E-state index contributed by atoms with van der Waals surface area (Å²) in [5, 5.41) is 3.35. The van der Waals surface area contributed by atoms with Gasteiger partial charge in [0.15, 0.2) is 11.5 Å². The fourth-order valence-electron chi connectivity index (χ4n) is 2.82. The van der Waals surface area contributed by atoms with Gasteiger partial charge < -0.3 is 19.5 Å². The minimum atomic E-state index is 0.314. The molecule has 0 heterocycles. The van der Waals surface area contributed by atoms with Crippen LogP contribution in [0, 0.1) is 0 Å². The number of ether oxygens (including phenoxy) is 3. The molecule has 1 aliphatic rings. The van der Waals surface area contributed by atoms with Gasteiger partial charge in [0.2, 0.25) is 0 Å². The zero-order valence-electron chi connectivity index (χ0n) is 13.1. The molecule has 118 valence electrons. The fourth-order valence-corrected chi connectivity index (χ4v) is 2.82. The molecule has 2 atom stereocenters. The van der Waals surface area contributed by atoms with Gasteiger partial charge in [-0.05, 0) is 38.9 Å². The monoisotopic (exact) mass is 293 g/mol. The van der Waals surface area contributed by atoms with E-state index >= 15 is 0 Å². The van der Waals surface area contributed by atoms with Crippen molar-refractivity contribution in [2.24, 2.45) is 0 Å². The van der Waals surface area contributed by atoms with Crippen LogP contribution in [-0.4, -0.2) is 39.0 Å². The van der Waals surface area contributed by atoms with Crippen molar-refractivity contribution in [2.45, 2.75) is 44.8 Å². The number of benzene rings is 1. The van der Waals surface area contributed by atoms with Crippen LogP contribution >= 0.6 is 0 Å². The molecule has 4 heteroatoms. The molecule has 2 rings (SSSR count). The maximum atomic E-state index is 5.98. The molecule has 0 aromatic heterocycles. The lowest BCUT2D eigenvalue weighted by Gasteiger charge is -2.31. The highest BCUT2D eigenvalue weighted by Crippen LogP contribution is 2.26. The minimum absolute atomic E-state index is 0.314. The van der Waals surface area contributed by atoms with Crippen molar-refractivity contribution < 1.29 is 14.2 Å². The standard InChI is InChI=1S/C17H27NO3/c1-3-19-16-10-6-7-11-17(16)21-13-12-20-15-9-5-4-8-14(15)18-2/h6-7,10-11,14-15,18H,3-5,8-9,12-13H2,1-2H3. The molecule has 0 radical (unpaired) electrons. The molecule has 1 fully saturated rings. The van der Waals surface area contributed by atoms with E-state index in [0.717, 1.165) is 17.9 Å². The van der Waals surface area contributed by atoms with Crippen LogP contribution in [0.5, 0.6) is 11.5 Å². The smallest absolute Gasteiger partial charge is 0.161 e. The predicted molar refractivity (Wildman–Crippen MR) is 84.2 cm³/mol. The van der Waals surface area contributed by atoms with E-state index in [1.54, 1.807) is 0 Å². The second-order valence-corrected chi connectivity index (χ2v) is 5.32. The van der Waals surface area contributed by atoms with Gasteiger partial charge in [-0.25, -0.2) is 0 Å². The zero-order valence-corrected chi connectivity index (χ0v) is 13.1. The Balaban J connectivity index is 1.74. The second kappa shape index (κ2) is 8.90. The molecule has 0 spiro atoms. The van der Waals surface area contributed by atoms with Crippen molar-refractivity contribution in [1.82, 2.24) is 5.32 Å². The summed E-state index contributed by atoms with van der Waals surface area (Å²) in [6.45, 7) is 3.78. The maximum absolute atomic E-state index is 5.98. The molecule has 4 nitrogen and oxygen atoms in total. The van der Waals surface area contributed by atoms with Crippen molar-refractivity contribution >= 4 is 0 Å². The quantitative estimate of drug-likeness (QED) is 0.748. The number of rotatable bonds is 8. The molecule has 0 aliphatic heterocycles. The largest absolute Gasteiger partial charge is 0.490 e. The Morgan fingerprint density at radius 2 is 1.76 bits per heavy atom. The van der Waals surface area contributed by atoms with Gasteiger partial charge in [0.25, 0.3) is 0 Å². The lowest BCUT2D eigenvalue weighted by atomic mass is 9.92. The summed E-state index contributed by atoms with van der Waals surface area (Å²) >= 11 is 0. The summed E-state index contributed by atoms with van der Waals surface area (Å²) in [6.07, 6.45) is 5.21. The van der Waals surface area contributed by atoms with Gasteiger partial charge in [0, 0.05) is 6.04 Å². The first-order chi connectivity index (χ1) is 10.3. The average Bonchev–Trinajstić information content (AvgIpc) is 2.53. The van der Waals surface area contributed by atoms with Crippen LogP contribution in [0.3, 0.4) is 0 Å². The van der Waals surface area contributed by atoms with E-state index in [2.05, 4.69) is 5.32 Å². The molecular weight excluding hydrogens is 266 g/mol. The van der Waals surface area contributed by atoms with E-state index in [4.69, 9.17) is 14.2 Å². The Kier molecular flexibility index (Phi) is 6.83. The summed E-state index contributed by atoms with van der Waals surface area (Å²) in [4.78, 5) is 0. The molecule has 2 unspecified atom stereocenters. The first-order valence-electron chi connectivity index (χ1n) is 7.98. The van der Waals surface area contributed by atoms with Crippen molar-refractivity contribution in [3.63, 3.8) is 0 Å². The van der Waals surface area contributed by atoms with E-state index in [1.165, 1.54) is 19.3 Å². The molecule has 1 aliphatic carbocycles. The number of para-hydroxylation sites is 2. The van der Waals surface area contributed by atoms with Crippen LogP contribution in [-0.2, 0) is 4.74 Å². The van der Waals surface area contributed by atoms with E-state index in [9.17, 15) is 0 Å². The highest BCUT2D eigenvalue weighted by atomic mass is 16.5. The molecule has 0 saturated heterocycles. The van der Waals surface area contributed by atoms with Crippen LogP contribution < -0.4 is 14.8 Å². The third-order valence-electron chi connectivity index (χ3n) is 3.90. The van der Waals surface area contributed by atoms with Gasteiger partial charge >= 0.3 is 0 Å². The third-order valence-corrected chi connectivity index (χ3v) is 3.90. The Bertz CT molecular complexity index is 411. The van der Waals surface area contributed by atoms with Gasteiger partial charge in [0.1, 0.15) is 6.61 Å². The van der Waals surface area contributed by atoms with Crippen LogP contribution in [0.4, 0.5) is 0 Å². The van der Waals surface area contributed by atoms with Crippen molar-refractivity contribution in [2.75, 3.05) is 26.9 Å². The van der Waals surface area contributed by atoms with Gasteiger partial charge in [-0.2, -0.15) is 0 Å². The summed E-state index contributed by atoms with van der Waals surface area (Å²) in [5.74, 6) is 1.59. The molecule has 1 N–H and O–H groups in total. The number of hydrogen-bond acceptors (Lipinski definition) is 4. The summed E-state index contributed by atoms with van der Waals surface area (Å²) in [6, 6.07) is 8.25. The Morgan fingerprint density at radius 3 is 2.48 bits per heavy atom. The minimum Gasteiger partial charge on any atom is -0.490 e. The van der Waals surface area contributed by atoms with Crippen LogP contribution in [0.1, 0.15) is 32.6 Å². The second-order valence-electron chi connectivity index (χ2n) is 5.32. The number of likely N-dealkylation sites (N-methyl/N-ethyl adjacent to an activating group) is 1. The molecule has 1 aromatic carbocycles. The highest BCUT2D eigenvalue weighted by Gasteiger charge is 2.24. The molecule has 0 amide bonds. The van der Waals surface area contributed by atoms with Gasteiger partial charge in [-0.1, -0.05) is 25.0 Å². The van der Waals surface area contributed by atoms with E-state index in [1.807, 2.05) is 38.2 Å². The van der Waals surface area contributed by atoms with Crippen LogP contribution in [0.25, 0.3) is 0 Å². The summed E-state index contributed by atoms with van der Waals surface area (Å²) in [7, 11) is 2.02. The molecule has 1 saturated carbocycles. The normalized spacial score (nSPS) is 22.0. The number of hydrogen-bond donors (Lipinski definition) is 1. The Morgan fingerprint density at radius 1 is 1.05 bits per heavy atom. The van der Waals surface area contributed by atoms with Crippen LogP contribution in [0.2, 0.25) is 0 Å². The van der Waals surface area contributed by atoms with E-state index < -0.39 is 0 Å². The Labute approximate surface area is 127 Å². The zero-order chi connectivity index (χ0) is 14.9. The lowest BCUT2D eigenvalue weighted by Crippen LogP contribution is -2.42. The van der Waals surface area contributed by atoms with Gasteiger partial charge in [-0.15, -0.1) is 0 Å². The van der Waals surface area contributed by atoms with Gasteiger partial charge in [0.05, 0.1) is 19.3 Å². The van der Waals surface area contributed by atoms with Crippen molar-refractivity contribution in [3.8, 4) is 11.5 Å². The fraction of sp³-hybridized carbons (Fsp3) is 0.647. The Hall–Kier alpha value is -1.26. The van der Waals surface area contributed by atoms with Crippen molar-refractivity contribution in [3.05, 3.63) is 24.3 Å². The molecule has 0 bridgehead atoms.